The Labute approximate surface area is 163 Å². The number of hydrogen-bond acceptors (Lipinski definition) is 6. The van der Waals surface area contributed by atoms with Gasteiger partial charge in [0.25, 0.3) is 0 Å². The minimum Gasteiger partial charge on any atom is -0.496 e. The van der Waals surface area contributed by atoms with E-state index < -0.39 is 10.0 Å². The molecule has 3 aromatic rings. The number of rotatable bonds is 6. The Bertz CT molecular complexity index is 1040. The Kier molecular flexibility index (Phi) is 5.61. The first-order chi connectivity index (χ1) is 12.4. The summed E-state index contributed by atoms with van der Waals surface area (Å²) in [5, 5.41) is 4.38. The third-order valence-electron chi connectivity index (χ3n) is 3.40. The predicted molar refractivity (Wildman–Crippen MR) is 99.5 cm³/mol. The number of hydrogen-bond donors (Lipinski definition) is 1. The molecular formula is C16H13BrClN3O4S. The van der Waals surface area contributed by atoms with Gasteiger partial charge in [0, 0.05) is 10.6 Å². The van der Waals surface area contributed by atoms with Crippen LogP contribution < -0.4 is 9.46 Å². The van der Waals surface area contributed by atoms with Crippen LogP contribution in [0.1, 0.15) is 5.89 Å². The van der Waals surface area contributed by atoms with Crippen molar-refractivity contribution in [3.05, 3.63) is 57.9 Å². The maximum atomic E-state index is 12.4. The van der Waals surface area contributed by atoms with Gasteiger partial charge in [-0.3, -0.25) is 0 Å². The second-order valence-electron chi connectivity index (χ2n) is 5.14. The van der Waals surface area contributed by atoms with E-state index in [1.165, 1.54) is 19.2 Å². The van der Waals surface area contributed by atoms with E-state index in [1.54, 1.807) is 30.3 Å². The standard InChI is InChI=1S/C16H13BrClN3O4S/c1-24-14-6-5-12(8-13(14)17)26(22,23)19-9-15-20-16(21-25-15)10-3-2-4-11(18)7-10/h2-8,19H,9H2,1H3. The van der Waals surface area contributed by atoms with Crippen molar-refractivity contribution in [2.24, 2.45) is 0 Å². The molecule has 136 valence electrons. The lowest BCUT2D eigenvalue weighted by Gasteiger charge is -2.07. The van der Waals surface area contributed by atoms with Crippen molar-refractivity contribution in [1.29, 1.82) is 0 Å². The first kappa shape index (κ1) is 18.8. The zero-order valence-electron chi connectivity index (χ0n) is 13.4. The number of benzene rings is 2. The summed E-state index contributed by atoms with van der Waals surface area (Å²) in [5.74, 6) is 0.997. The van der Waals surface area contributed by atoms with Crippen LogP contribution in [0.4, 0.5) is 0 Å². The third kappa shape index (κ3) is 4.24. The molecule has 7 nitrogen and oxygen atoms in total. The summed E-state index contributed by atoms with van der Waals surface area (Å²) in [6.07, 6.45) is 0. The van der Waals surface area contributed by atoms with E-state index in [1.807, 2.05) is 0 Å². The number of nitrogens with one attached hydrogen (secondary N) is 1. The zero-order chi connectivity index (χ0) is 18.7. The molecule has 0 spiro atoms. The van der Waals surface area contributed by atoms with Crippen LogP contribution in [0, 0.1) is 0 Å². The van der Waals surface area contributed by atoms with Gasteiger partial charge in [0.1, 0.15) is 5.75 Å². The minimum atomic E-state index is -3.75. The molecule has 0 aliphatic carbocycles. The second kappa shape index (κ2) is 7.75. The topological polar surface area (TPSA) is 94.3 Å². The fourth-order valence-corrected chi connectivity index (χ4v) is 4.01. The Morgan fingerprint density at radius 1 is 1.27 bits per heavy atom. The number of ether oxygens (including phenoxy) is 1. The highest BCUT2D eigenvalue weighted by Crippen LogP contribution is 2.27. The van der Waals surface area contributed by atoms with Gasteiger partial charge in [0.2, 0.25) is 21.7 Å². The van der Waals surface area contributed by atoms with E-state index in [4.69, 9.17) is 20.9 Å². The Morgan fingerprint density at radius 2 is 2.08 bits per heavy atom. The largest absolute Gasteiger partial charge is 0.496 e. The Hall–Kier alpha value is -1.94. The lowest BCUT2D eigenvalue weighted by molar-refractivity contribution is 0.376. The van der Waals surface area contributed by atoms with Crippen molar-refractivity contribution >= 4 is 37.6 Å². The first-order valence-corrected chi connectivity index (χ1v) is 9.96. The van der Waals surface area contributed by atoms with Crippen molar-refractivity contribution in [3.63, 3.8) is 0 Å². The summed E-state index contributed by atoms with van der Waals surface area (Å²) in [6, 6.07) is 11.4. The molecule has 0 bridgehead atoms. The van der Waals surface area contributed by atoms with Crippen LogP contribution in [-0.4, -0.2) is 25.7 Å². The molecule has 0 aliphatic heterocycles. The number of nitrogens with zero attached hydrogens (tertiary/aromatic N) is 2. The monoisotopic (exact) mass is 457 g/mol. The van der Waals surface area contributed by atoms with E-state index in [-0.39, 0.29) is 17.3 Å². The van der Waals surface area contributed by atoms with Crippen molar-refractivity contribution in [3.8, 4) is 17.1 Å². The van der Waals surface area contributed by atoms with Crippen LogP contribution in [0.5, 0.6) is 5.75 Å². The molecule has 0 saturated carbocycles. The average Bonchev–Trinajstić information content (AvgIpc) is 3.09. The number of methoxy groups -OCH3 is 1. The second-order valence-corrected chi connectivity index (χ2v) is 8.20. The molecular weight excluding hydrogens is 446 g/mol. The number of aromatic nitrogens is 2. The Balaban J connectivity index is 1.73. The van der Waals surface area contributed by atoms with Crippen LogP contribution in [0.15, 0.2) is 56.4 Å². The zero-order valence-corrected chi connectivity index (χ0v) is 16.6. The average molecular weight is 459 g/mol. The maximum absolute atomic E-state index is 12.4. The molecule has 26 heavy (non-hydrogen) atoms. The van der Waals surface area contributed by atoms with Crippen molar-refractivity contribution in [2.75, 3.05) is 7.11 Å². The summed E-state index contributed by atoms with van der Waals surface area (Å²) in [5.41, 5.74) is 0.675. The van der Waals surface area contributed by atoms with Crippen LogP contribution in [0.2, 0.25) is 5.02 Å². The fraction of sp³-hybridized carbons (Fsp3) is 0.125. The molecule has 0 unspecified atom stereocenters. The number of sulfonamides is 1. The fourth-order valence-electron chi connectivity index (χ4n) is 2.13. The quantitative estimate of drug-likeness (QED) is 0.606. The van der Waals surface area contributed by atoms with Crippen molar-refractivity contribution < 1.29 is 17.7 Å². The van der Waals surface area contributed by atoms with Gasteiger partial charge in [-0.2, -0.15) is 4.98 Å². The molecule has 1 heterocycles. The van der Waals surface area contributed by atoms with Gasteiger partial charge in [-0.15, -0.1) is 0 Å². The lowest BCUT2D eigenvalue weighted by atomic mass is 10.2. The van der Waals surface area contributed by atoms with Crippen LogP contribution in [0.25, 0.3) is 11.4 Å². The van der Waals surface area contributed by atoms with Gasteiger partial charge in [0.05, 0.1) is 23.0 Å². The van der Waals surface area contributed by atoms with E-state index in [0.717, 1.165) is 0 Å². The Morgan fingerprint density at radius 3 is 2.77 bits per heavy atom. The highest BCUT2D eigenvalue weighted by molar-refractivity contribution is 9.10. The van der Waals surface area contributed by atoms with Crippen LogP contribution in [-0.2, 0) is 16.6 Å². The van der Waals surface area contributed by atoms with Crippen LogP contribution >= 0.6 is 27.5 Å². The summed E-state index contributed by atoms with van der Waals surface area (Å²) >= 11 is 9.20. The van der Waals surface area contributed by atoms with Crippen LogP contribution in [0.3, 0.4) is 0 Å². The third-order valence-corrected chi connectivity index (χ3v) is 5.65. The molecule has 1 N–H and O–H groups in total. The molecule has 1 aromatic heterocycles. The van der Waals surface area contributed by atoms with E-state index in [0.29, 0.717) is 26.6 Å². The van der Waals surface area contributed by atoms with Gasteiger partial charge < -0.3 is 9.26 Å². The molecule has 10 heteroatoms. The summed E-state index contributed by atoms with van der Waals surface area (Å²) < 4.78 is 37.9. The minimum absolute atomic E-state index is 0.0831. The van der Waals surface area contributed by atoms with Crippen molar-refractivity contribution in [2.45, 2.75) is 11.4 Å². The predicted octanol–water partition coefficient (Wildman–Crippen LogP) is 3.64. The molecule has 2 aromatic carbocycles. The molecule has 0 aliphatic rings. The first-order valence-electron chi connectivity index (χ1n) is 7.31. The lowest BCUT2D eigenvalue weighted by Crippen LogP contribution is -2.23. The maximum Gasteiger partial charge on any atom is 0.242 e. The van der Waals surface area contributed by atoms with Gasteiger partial charge in [-0.1, -0.05) is 28.9 Å². The van der Waals surface area contributed by atoms with E-state index in [9.17, 15) is 8.42 Å². The molecule has 0 radical (unpaired) electrons. The van der Waals surface area contributed by atoms with E-state index in [2.05, 4.69) is 30.8 Å². The van der Waals surface area contributed by atoms with Gasteiger partial charge in [-0.05, 0) is 46.3 Å². The van der Waals surface area contributed by atoms with Gasteiger partial charge in [0.15, 0.2) is 0 Å². The highest BCUT2D eigenvalue weighted by atomic mass is 79.9. The van der Waals surface area contributed by atoms with Gasteiger partial charge >= 0.3 is 0 Å². The smallest absolute Gasteiger partial charge is 0.242 e. The number of halogens is 2. The molecule has 0 saturated heterocycles. The highest BCUT2D eigenvalue weighted by Gasteiger charge is 2.18. The van der Waals surface area contributed by atoms with Gasteiger partial charge in [-0.25, -0.2) is 13.1 Å². The summed E-state index contributed by atoms with van der Waals surface area (Å²) in [7, 11) is -2.25. The normalized spacial score (nSPS) is 11.5. The molecule has 3 rings (SSSR count). The SMILES string of the molecule is COc1ccc(S(=O)(=O)NCc2nc(-c3cccc(Cl)c3)no2)cc1Br. The molecule has 0 amide bonds. The van der Waals surface area contributed by atoms with Crippen molar-refractivity contribution in [1.82, 2.24) is 14.9 Å². The van der Waals surface area contributed by atoms with E-state index >= 15 is 0 Å². The molecule has 0 fully saturated rings. The summed E-state index contributed by atoms with van der Waals surface area (Å²) in [4.78, 5) is 4.25. The summed E-state index contributed by atoms with van der Waals surface area (Å²) in [6.45, 7) is -0.139. The molecule has 0 atom stereocenters.